The van der Waals surface area contributed by atoms with Crippen LogP contribution >= 0.6 is 31.9 Å². The Kier molecular flexibility index (Phi) is 4.18. The first-order valence-corrected chi connectivity index (χ1v) is 6.84. The quantitative estimate of drug-likeness (QED) is 0.875. The number of benzene rings is 1. The summed E-state index contributed by atoms with van der Waals surface area (Å²) in [6.07, 6.45) is 1.90. The van der Waals surface area contributed by atoms with E-state index in [1.807, 2.05) is 37.4 Å². The van der Waals surface area contributed by atoms with Gasteiger partial charge in [-0.05, 0) is 52.7 Å². The van der Waals surface area contributed by atoms with Gasteiger partial charge in [0.1, 0.15) is 0 Å². The first-order valence-electron chi connectivity index (χ1n) is 5.25. The molecule has 0 spiro atoms. The fraction of sp³-hybridized carbons (Fsp3) is 0.154. The molecule has 2 rings (SSSR count). The Morgan fingerprint density at radius 2 is 2.00 bits per heavy atom. The van der Waals surface area contributed by atoms with Gasteiger partial charge in [0.25, 0.3) is 0 Å². The van der Waals surface area contributed by atoms with Crippen molar-refractivity contribution in [2.45, 2.75) is 13.5 Å². The van der Waals surface area contributed by atoms with Gasteiger partial charge >= 0.3 is 0 Å². The van der Waals surface area contributed by atoms with Gasteiger partial charge in [0.15, 0.2) is 0 Å². The molecule has 0 amide bonds. The normalized spacial score (nSPS) is 10.3. The van der Waals surface area contributed by atoms with Crippen molar-refractivity contribution in [3.63, 3.8) is 0 Å². The van der Waals surface area contributed by atoms with Gasteiger partial charge in [0, 0.05) is 33.1 Å². The number of pyridine rings is 1. The minimum absolute atomic E-state index is 0.766. The molecule has 0 aliphatic heterocycles. The SMILES string of the molecule is Cc1ccc(CNc2cc(Br)ccc2Br)cn1. The molecule has 0 aliphatic rings. The monoisotopic (exact) mass is 354 g/mol. The van der Waals surface area contributed by atoms with Gasteiger partial charge < -0.3 is 5.32 Å². The van der Waals surface area contributed by atoms with E-state index in [0.717, 1.165) is 26.9 Å². The number of aromatic nitrogens is 1. The van der Waals surface area contributed by atoms with Crippen LogP contribution in [0.25, 0.3) is 0 Å². The van der Waals surface area contributed by atoms with Crippen LogP contribution in [0.3, 0.4) is 0 Å². The summed E-state index contributed by atoms with van der Waals surface area (Å²) in [5.41, 5.74) is 3.28. The molecule has 0 saturated heterocycles. The highest BCUT2D eigenvalue weighted by Gasteiger charge is 2.00. The van der Waals surface area contributed by atoms with E-state index >= 15 is 0 Å². The zero-order valence-corrected chi connectivity index (χ0v) is 12.5. The summed E-state index contributed by atoms with van der Waals surface area (Å²) in [5, 5.41) is 3.37. The largest absolute Gasteiger partial charge is 0.380 e. The van der Waals surface area contributed by atoms with E-state index in [4.69, 9.17) is 0 Å². The van der Waals surface area contributed by atoms with Gasteiger partial charge in [-0.3, -0.25) is 4.98 Å². The highest BCUT2D eigenvalue weighted by molar-refractivity contribution is 9.11. The molecular formula is C13H12Br2N2. The molecule has 0 fully saturated rings. The van der Waals surface area contributed by atoms with E-state index in [-0.39, 0.29) is 0 Å². The summed E-state index contributed by atoms with van der Waals surface area (Å²) in [5.74, 6) is 0. The zero-order chi connectivity index (χ0) is 12.3. The first kappa shape index (κ1) is 12.6. The second-order valence-corrected chi connectivity index (χ2v) is 5.56. The van der Waals surface area contributed by atoms with Crippen LogP contribution in [0.2, 0.25) is 0 Å². The highest BCUT2D eigenvalue weighted by atomic mass is 79.9. The Labute approximate surface area is 118 Å². The Bertz CT molecular complexity index is 509. The Hall–Kier alpha value is -0.870. The first-order chi connectivity index (χ1) is 8.15. The average molecular weight is 356 g/mol. The maximum absolute atomic E-state index is 4.27. The zero-order valence-electron chi connectivity index (χ0n) is 9.37. The molecule has 0 aliphatic carbocycles. The lowest BCUT2D eigenvalue weighted by atomic mass is 10.2. The van der Waals surface area contributed by atoms with Crippen LogP contribution in [-0.4, -0.2) is 4.98 Å². The van der Waals surface area contributed by atoms with Crippen LogP contribution in [-0.2, 0) is 6.54 Å². The molecule has 2 aromatic rings. The van der Waals surface area contributed by atoms with Crippen LogP contribution in [0.15, 0.2) is 45.5 Å². The number of hydrogen-bond donors (Lipinski definition) is 1. The number of halogens is 2. The highest BCUT2D eigenvalue weighted by Crippen LogP contribution is 2.26. The molecule has 1 aromatic carbocycles. The van der Waals surface area contributed by atoms with Gasteiger partial charge in [0.05, 0.1) is 0 Å². The van der Waals surface area contributed by atoms with Gasteiger partial charge in [-0.25, -0.2) is 0 Å². The van der Waals surface area contributed by atoms with Gasteiger partial charge in [-0.1, -0.05) is 22.0 Å². The second kappa shape index (κ2) is 5.65. The number of nitrogens with zero attached hydrogens (tertiary/aromatic N) is 1. The smallest absolute Gasteiger partial charge is 0.0498 e. The number of hydrogen-bond acceptors (Lipinski definition) is 2. The van der Waals surface area contributed by atoms with Crippen LogP contribution < -0.4 is 5.32 Å². The summed E-state index contributed by atoms with van der Waals surface area (Å²) in [4.78, 5) is 4.27. The summed E-state index contributed by atoms with van der Waals surface area (Å²) in [7, 11) is 0. The van der Waals surface area contributed by atoms with Crippen molar-refractivity contribution >= 4 is 37.5 Å². The predicted octanol–water partition coefficient (Wildman–Crippen LogP) is 4.53. The third-order valence-electron chi connectivity index (χ3n) is 2.38. The molecular weight excluding hydrogens is 344 g/mol. The maximum Gasteiger partial charge on any atom is 0.0498 e. The molecule has 1 aromatic heterocycles. The van der Waals surface area contributed by atoms with Gasteiger partial charge in [-0.15, -0.1) is 0 Å². The van der Waals surface area contributed by atoms with Gasteiger partial charge in [-0.2, -0.15) is 0 Å². The summed E-state index contributed by atoms with van der Waals surface area (Å²) in [6.45, 7) is 2.75. The van der Waals surface area contributed by atoms with E-state index in [2.05, 4.69) is 48.2 Å². The third kappa shape index (κ3) is 3.54. The Morgan fingerprint density at radius 1 is 1.18 bits per heavy atom. The molecule has 1 heterocycles. The number of anilines is 1. The standard InChI is InChI=1S/C13H12Br2N2/c1-9-2-3-10(7-16-9)8-17-13-6-11(14)4-5-12(13)15/h2-7,17H,8H2,1H3. The fourth-order valence-electron chi connectivity index (χ4n) is 1.43. The molecule has 0 unspecified atom stereocenters. The predicted molar refractivity (Wildman–Crippen MR) is 78.1 cm³/mol. The average Bonchev–Trinajstić information content (AvgIpc) is 2.32. The fourth-order valence-corrected chi connectivity index (χ4v) is 2.18. The molecule has 0 atom stereocenters. The van der Waals surface area contributed by atoms with Crippen molar-refractivity contribution in [1.29, 1.82) is 0 Å². The number of rotatable bonds is 3. The Morgan fingerprint density at radius 3 is 2.71 bits per heavy atom. The third-order valence-corrected chi connectivity index (χ3v) is 3.57. The topological polar surface area (TPSA) is 24.9 Å². The molecule has 88 valence electrons. The van der Waals surface area contributed by atoms with Crippen LogP contribution in [0.1, 0.15) is 11.3 Å². The van der Waals surface area contributed by atoms with Crippen molar-refractivity contribution in [3.8, 4) is 0 Å². The molecule has 0 saturated carbocycles. The van der Waals surface area contributed by atoms with Crippen LogP contribution in [0, 0.1) is 6.92 Å². The van der Waals surface area contributed by atoms with Crippen molar-refractivity contribution < 1.29 is 0 Å². The molecule has 4 heteroatoms. The molecule has 2 nitrogen and oxygen atoms in total. The van der Waals surface area contributed by atoms with Crippen molar-refractivity contribution in [2.24, 2.45) is 0 Å². The maximum atomic E-state index is 4.27. The van der Waals surface area contributed by atoms with E-state index in [1.165, 1.54) is 5.56 Å². The van der Waals surface area contributed by atoms with Crippen molar-refractivity contribution in [3.05, 3.63) is 56.7 Å². The summed E-state index contributed by atoms with van der Waals surface area (Å²) >= 11 is 6.98. The minimum atomic E-state index is 0.766. The van der Waals surface area contributed by atoms with Crippen molar-refractivity contribution in [1.82, 2.24) is 4.98 Å². The molecule has 0 radical (unpaired) electrons. The van der Waals surface area contributed by atoms with Gasteiger partial charge in [0.2, 0.25) is 0 Å². The van der Waals surface area contributed by atoms with E-state index in [1.54, 1.807) is 0 Å². The van der Waals surface area contributed by atoms with Crippen LogP contribution in [0.4, 0.5) is 5.69 Å². The Balaban J connectivity index is 2.07. The van der Waals surface area contributed by atoms with Crippen LogP contribution in [0.5, 0.6) is 0 Å². The lowest BCUT2D eigenvalue weighted by Gasteiger charge is -2.09. The summed E-state index contributed by atoms with van der Waals surface area (Å²) in [6, 6.07) is 10.2. The van der Waals surface area contributed by atoms with E-state index in [0.29, 0.717) is 0 Å². The lowest BCUT2D eigenvalue weighted by Crippen LogP contribution is -2.00. The van der Waals surface area contributed by atoms with Crippen molar-refractivity contribution in [2.75, 3.05) is 5.32 Å². The van der Waals surface area contributed by atoms with E-state index in [9.17, 15) is 0 Å². The molecule has 0 bridgehead atoms. The minimum Gasteiger partial charge on any atom is -0.380 e. The molecule has 17 heavy (non-hydrogen) atoms. The number of aryl methyl sites for hydroxylation is 1. The lowest BCUT2D eigenvalue weighted by molar-refractivity contribution is 1.08. The number of nitrogens with one attached hydrogen (secondary N) is 1. The van der Waals surface area contributed by atoms with E-state index < -0.39 is 0 Å². The second-order valence-electron chi connectivity index (χ2n) is 3.79. The summed E-state index contributed by atoms with van der Waals surface area (Å²) < 4.78 is 2.12. The molecule has 1 N–H and O–H groups in total.